The second-order valence-electron chi connectivity index (χ2n) is 4.38. The zero-order valence-corrected chi connectivity index (χ0v) is 12.1. The van der Waals surface area contributed by atoms with Crippen molar-refractivity contribution in [2.24, 2.45) is 5.92 Å². The lowest BCUT2D eigenvalue weighted by molar-refractivity contribution is -0.117. The molecule has 1 saturated heterocycles. The predicted molar refractivity (Wildman–Crippen MR) is 77.1 cm³/mol. The molecular weight excluding hydrogens is 286 g/mol. The highest BCUT2D eigenvalue weighted by Gasteiger charge is 2.33. The zero-order valence-electron chi connectivity index (χ0n) is 10.4. The van der Waals surface area contributed by atoms with Gasteiger partial charge in [-0.25, -0.2) is 4.79 Å². The van der Waals surface area contributed by atoms with Gasteiger partial charge in [-0.3, -0.25) is 4.79 Å². The molecule has 1 aliphatic heterocycles. The van der Waals surface area contributed by atoms with Gasteiger partial charge >= 0.3 is 5.97 Å². The summed E-state index contributed by atoms with van der Waals surface area (Å²) in [4.78, 5) is 25.4. The number of amides is 1. The molecule has 1 aromatic rings. The van der Waals surface area contributed by atoms with Crippen LogP contribution in [0.1, 0.15) is 16.8 Å². The Labute approximate surface area is 122 Å². The number of para-hydroxylation sites is 1. The second kappa shape index (κ2) is 5.84. The van der Waals surface area contributed by atoms with E-state index in [1.165, 1.54) is 7.11 Å². The number of ether oxygens (including phenoxy) is 1. The molecule has 0 aliphatic carbocycles. The maximum Gasteiger partial charge on any atom is 0.340 e. The number of anilines is 1. The van der Waals surface area contributed by atoms with Gasteiger partial charge in [0, 0.05) is 13.0 Å². The van der Waals surface area contributed by atoms with Crippen molar-refractivity contribution in [3.63, 3.8) is 0 Å². The van der Waals surface area contributed by atoms with Gasteiger partial charge in [0.2, 0.25) is 5.91 Å². The fourth-order valence-electron chi connectivity index (χ4n) is 2.18. The maximum absolute atomic E-state index is 12.0. The van der Waals surface area contributed by atoms with Crippen LogP contribution in [-0.4, -0.2) is 31.3 Å². The topological polar surface area (TPSA) is 46.6 Å². The first-order valence-electron chi connectivity index (χ1n) is 5.86. The van der Waals surface area contributed by atoms with Crippen LogP contribution in [0.3, 0.4) is 0 Å². The summed E-state index contributed by atoms with van der Waals surface area (Å²) in [5.74, 6) is 0.259. The molecule has 2 rings (SSSR count). The summed E-state index contributed by atoms with van der Waals surface area (Å²) in [7, 11) is 1.30. The van der Waals surface area contributed by atoms with Crippen molar-refractivity contribution in [2.45, 2.75) is 6.42 Å². The van der Waals surface area contributed by atoms with E-state index in [4.69, 9.17) is 16.3 Å². The molecule has 6 heteroatoms. The summed E-state index contributed by atoms with van der Waals surface area (Å²) in [5, 5.41) is 0.371. The molecule has 0 aromatic heterocycles. The predicted octanol–water partition coefficient (Wildman–Crippen LogP) is 2.41. The lowest BCUT2D eigenvalue weighted by atomic mass is 10.1. The van der Waals surface area contributed by atoms with Crippen LogP contribution >= 0.6 is 24.2 Å². The Hall–Kier alpha value is -1.20. The minimum Gasteiger partial charge on any atom is -0.465 e. The van der Waals surface area contributed by atoms with Gasteiger partial charge in [-0.15, -0.1) is 0 Å². The molecule has 0 saturated carbocycles. The molecule has 1 amide bonds. The normalized spacial score (nSPS) is 18.8. The molecule has 4 nitrogen and oxygen atoms in total. The van der Waals surface area contributed by atoms with Gasteiger partial charge in [-0.2, -0.15) is 12.6 Å². The average molecular weight is 300 g/mol. The van der Waals surface area contributed by atoms with Crippen LogP contribution in [0.15, 0.2) is 18.2 Å². The maximum atomic E-state index is 12.0. The minimum absolute atomic E-state index is 0.0442. The number of hydrogen-bond acceptors (Lipinski definition) is 4. The van der Waals surface area contributed by atoms with Gasteiger partial charge in [-0.05, 0) is 23.8 Å². The number of esters is 1. The first-order chi connectivity index (χ1) is 9.08. The van der Waals surface area contributed by atoms with Crippen molar-refractivity contribution in [1.82, 2.24) is 0 Å². The standard InChI is InChI=1S/C13H14ClNO3S/c1-18-13(17)9-3-2-4-10(14)12(9)15-6-8(7-19)5-11(15)16/h2-4,8,19H,5-7H2,1H3. The molecule has 0 bridgehead atoms. The largest absolute Gasteiger partial charge is 0.465 e. The van der Waals surface area contributed by atoms with Gasteiger partial charge in [0.1, 0.15) is 0 Å². The van der Waals surface area contributed by atoms with Crippen LogP contribution in [-0.2, 0) is 9.53 Å². The number of carbonyl (C=O) groups is 2. The van der Waals surface area contributed by atoms with Gasteiger partial charge in [-0.1, -0.05) is 17.7 Å². The van der Waals surface area contributed by atoms with Crippen LogP contribution in [0.25, 0.3) is 0 Å². The Bertz CT molecular complexity index is 521. The number of nitrogens with zero attached hydrogens (tertiary/aromatic N) is 1. The highest BCUT2D eigenvalue weighted by molar-refractivity contribution is 7.80. The number of rotatable bonds is 3. The second-order valence-corrected chi connectivity index (χ2v) is 5.16. The van der Waals surface area contributed by atoms with E-state index in [0.29, 0.717) is 35.0 Å². The van der Waals surface area contributed by atoms with Gasteiger partial charge in [0.25, 0.3) is 0 Å². The van der Waals surface area contributed by atoms with Crippen molar-refractivity contribution < 1.29 is 14.3 Å². The average Bonchev–Trinajstić information content (AvgIpc) is 2.78. The smallest absolute Gasteiger partial charge is 0.340 e. The third kappa shape index (κ3) is 2.72. The summed E-state index contributed by atoms with van der Waals surface area (Å²) in [5.41, 5.74) is 0.744. The number of halogens is 1. The van der Waals surface area contributed by atoms with Crippen molar-refractivity contribution in [2.75, 3.05) is 24.3 Å². The molecule has 1 heterocycles. The quantitative estimate of drug-likeness (QED) is 0.689. The number of benzene rings is 1. The lowest BCUT2D eigenvalue weighted by Crippen LogP contribution is -2.27. The molecule has 1 atom stereocenters. The number of thiol groups is 1. The first-order valence-corrected chi connectivity index (χ1v) is 6.87. The van der Waals surface area contributed by atoms with E-state index < -0.39 is 5.97 Å². The third-order valence-electron chi connectivity index (χ3n) is 3.13. The molecule has 102 valence electrons. The van der Waals surface area contributed by atoms with Crippen LogP contribution in [0.5, 0.6) is 0 Å². The summed E-state index contributed by atoms with van der Waals surface area (Å²) >= 11 is 10.4. The molecule has 0 N–H and O–H groups in total. The molecule has 19 heavy (non-hydrogen) atoms. The Morgan fingerprint density at radius 3 is 2.89 bits per heavy atom. The van der Waals surface area contributed by atoms with Gasteiger partial charge in [0.05, 0.1) is 23.4 Å². The van der Waals surface area contributed by atoms with E-state index in [1.54, 1.807) is 23.1 Å². The van der Waals surface area contributed by atoms with E-state index >= 15 is 0 Å². The Kier molecular flexibility index (Phi) is 4.37. The van der Waals surface area contributed by atoms with E-state index in [9.17, 15) is 9.59 Å². The minimum atomic E-state index is -0.500. The van der Waals surface area contributed by atoms with Crippen LogP contribution in [0.4, 0.5) is 5.69 Å². The molecular formula is C13H14ClNO3S. The van der Waals surface area contributed by atoms with Crippen molar-refractivity contribution in [3.05, 3.63) is 28.8 Å². The van der Waals surface area contributed by atoms with Crippen LogP contribution < -0.4 is 4.90 Å². The van der Waals surface area contributed by atoms with E-state index in [2.05, 4.69) is 12.6 Å². The van der Waals surface area contributed by atoms with Gasteiger partial charge in [0.15, 0.2) is 0 Å². The summed E-state index contributed by atoms with van der Waals surface area (Å²) in [6.45, 7) is 0.524. The van der Waals surface area contributed by atoms with Crippen molar-refractivity contribution >= 4 is 41.8 Å². The molecule has 1 aliphatic rings. The third-order valence-corrected chi connectivity index (χ3v) is 3.95. The van der Waals surface area contributed by atoms with Crippen molar-refractivity contribution in [1.29, 1.82) is 0 Å². The molecule has 0 radical (unpaired) electrons. The zero-order chi connectivity index (χ0) is 14.0. The highest BCUT2D eigenvalue weighted by Crippen LogP contribution is 2.35. The van der Waals surface area contributed by atoms with E-state index in [0.717, 1.165) is 0 Å². The molecule has 0 spiro atoms. The Morgan fingerprint density at radius 2 is 2.32 bits per heavy atom. The number of carbonyl (C=O) groups excluding carboxylic acids is 2. The summed E-state index contributed by atoms with van der Waals surface area (Å²) < 4.78 is 4.73. The highest BCUT2D eigenvalue weighted by atomic mass is 35.5. The SMILES string of the molecule is COC(=O)c1cccc(Cl)c1N1CC(CS)CC1=O. The molecule has 1 aromatic carbocycles. The summed E-state index contributed by atoms with van der Waals surface area (Å²) in [6, 6.07) is 4.92. The molecule has 1 fully saturated rings. The monoisotopic (exact) mass is 299 g/mol. The number of methoxy groups -OCH3 is 1. The lowest BCUT2D eigenvalue weighted by Gasteiger charge is -2.20. The fourth-order valence-corrected chi connectivity index (χ4v) is 2.71. The number of hydrogen-bond donors (Lipinski definition) is 1. The summed E-state index contributed by atoms with van der Waals surface area (Å²) in [6.07, 6.45) is 0.426. The van der Waals surface area contributed by atoms with Crippen molar-refractivity contribution in [3.8, 4) is 0 Å². The van der Waals surface area contributed by atoms with Crippen LogP contribution in [0, 0.1) is 5.92 Å². The van der Waals surface area contributed by atoms with E-state index in [-0.39, 0.29) is 11.8 Å². The molecule has 1 unspecified atom stereocenters. The van der Waals surface area contributed by atoms with Gasteiger partial charge < -0.3 is 9.64 Å². The first kappa shape index (κ1) is 14.2. The fraction of sp³-hybridized carbons (Fsp3) is 0.385. The Balaban J connectivity index is 2.44. The van der Waals surface area contributed by atoms with E-state index in [1.807, 2.05) is 0 Å². The van der Waals surface area contributed by atoms with Crippen LogP contribution in [0.2, 0.25) is 5.02 Å². The Morgan fingerprint density at radius 1 is 1.58 bits per heavy atom.